The summed E-state index contributed by atoms with van der Waals surface area (Å²) in [6, 6.07) is 2.70. The molecule has 3 amide bonds. The maximum absolute atomic E-state index is 11.5. The van der Waals surface area contributed by atoms with Gasteiger partial charge in [0.2, 0.25) is 5.91 Å². The summed E-state index contributed by atoms with van der Waals surface area (Å²) in [7, 11) is 1.45. The summed E-state index contributed by atoms with van der Waals surface area (Å²) < 4.78 is 5.34. The van der Waals surface area contributed by atoms with Crippen molar-refractivity contribution in [2.75, 3.05) is 7.05 Å². The fraction of sp³-hybridized carbons (Fsp3) is 0.455. The molecule has 0 bridgehead atoms. The number of furan rings is 1. The van der Waals surface area contributed by atoms with Crippen molar-refractivity contribution in [3.05, 3.63) is 23.7 Å². The van der Waals surface area contributed by atoms with Crippen LogP contribution in [0.15, 0.2) is 16.5 Å². The van der Waals surface area contributed by atoms with E-state index in [9.17, 15) is 9.59 Å². The van der Waals surface area contributed by atoms with Crippen molar-refractivity contribution < 1.29 is 14.0 Å². The lowest BCUT2D eigenvalue weighted by molar-refractivity contribution is -0.121. The summed E-state index contributed by atoms with van der Waals surface area (Å²) in [5, 5.41) is 7.46. The van der Waals surface area contributed by atoms with Crippen molar-refractivity contribution in [1.82, 2.24) is 16.0 Å². The highest BCUT2D eigenvalue weighted by Crippen LogP contribution is 2.05. The second-order valence-corrected chi connectivity index (χ2v) is 3.68. The average molecular weight is 239 g/mol. The molecular formula is C11H17N3O3. The standard InChI is InChI=1S/C11H17N3O3/c1-7-4-5-9(17-7)6-13-8(2)10(15)14-11(16)12-3/h4-5,8,13H,6H2,1-3H3,(H2,12,14,15,16). The number of carbonyl (C=O) groups is 2. The first-order valence-electron chi connectivity index (χ1n) is 5.34. The average Bonchev–Trinajstić information content (AvgIpc) is 2.71. The molecule has 0 fully saturated rings. The maximum atomic E-state index is 11.5. The monoisotopic (exact) mass is 239 g/mol. The molecule has 1 heterocycles. The second-order valence-electron chi connectivity index (χ2n) is 3.68. The van der Waals surface area contributed by atoms with Crippen LogP contribution in [0.1, 0.15) is 18.4 Å². The second kappa shape index (κ2) is 6.05. The van der Waals surface area contributed by atoms with Crippen molar-refractivity contribution in [2.24, 2.45) is 0 Å². The molecule has 0 saturated carbocycles. The molecule has 0 spiro atoms. The molecule has 1 atom stereocenters. The third-order valence-electron chi connectivity index (χ3n) is 2.24. The van der Waals surface area contributed by atoms with Crippen LogP contribution in [0.2, 0.25) is 0 Å². The van der Waals surface area contributed by atoms with Crippen molar-refractivity contribution in [3.8, 4) is 0 Å². The molecule has 0 radical (unpaired) electrons. The SMILES string of the molecule is CNC(=O)NC(=O)C(C)NCc1ccc(C)o1. The lowest BCUT2D eigenvalue weighted by Gasteiger charge is -2.12. The van der Waals surface area contributed by atoms with Crippen LogP contribution < -0.4 is 16.0 Å². The highest BCUT2D eigenvalue weighted by molar-refractivity contribution is 5.96. The lowest BCUT2D eigenvalue weighted by atomic mass is 10.3. The number of imide groups is 1. The van der Waals surface area contributed by atoms with Crippen LogP contribution in [-0.4, -0.2) is 25.0 Å². The summed E-state index contributed by atoms with van der Waals surface area (Å²) in [6.07, 6.45) is 0. The van der Waals surface area contributed by atoms with E-state index in [4.69, 9.17) is 4.42 Å². The van der Waals surface area contributed by atoms with Gasteiger partial charge < -0.3 is 9.73 Å². The zero-order chi connectivity index (χ0) is 12.8. The van der Waals surface area contributed by atoms with E-state index in [-0.39, 0.29) is 5.91 Å². The van der Waals surface area contributed by atoms with Gasteiger partial charge in [-0.15, -0.1) is 0 Å². The zero-order valence-corrected chi connectivity index (χ0v) is 10.2. The topological polar surface area (TPSA) is 83.4 Å². The van der Waals surface area contributed by atoms with Crippen LogP contribution in [0.3, 0.4) is 0 Å². The fourth-order valence-electron chi connectivity index (χ4n) is 1.21. The minimum absolute atomic E-state index is 0.382. The Balaban J connectivity index is 2.36. The Kier molecular flexibility index (Phi) is 4.71. The summed E-state index contributed by atoms with van der Waals surface area (Å²) in [6.45, 7) is 3.97. The lowest BCUT2D eigenvalue weighted by Crippen LogP contribution is -2.47. The molecule has 6 nitrogen and oxygen atoms in total. The number of hydrogen-bond donors (Lipinski definition) is 3. The molecular weight excluding hydrogens is 222 g/mol. The van der Waals surface area contributed by atoms with Crippen LogP contribution in [0.5, 0.6) is 0 Å². The zero-order valence-electron chi connectivity index (χ0n) is 10.2. The number of aryl methyl sites for hydroxylation is 1. The predicted octanol–water partition coefficient (Wildman–Crippen LogP) is 0.522. The number of nitrogens with one attached hydrogen (secondary N) is 3. The normalized spacial score (nSPS) is 11.9. The smallest absolute Gasteiger partial charge is 0.321 e. The first kappa shape index (κ1) is 13.2. The number of urea groups is 1. The van der Waals surface area contributed by atoms with E-state index < -0.39 is 12.1 Å². The van der Waals surface area contributed by atoms with Crippen LogP contribution >= 0.6 is 0 Å². The third kappa shape index (κ3) is 4.28. The van der Waals surface area contributed by atoms with Gasteiger partial charge in [-0.25, -0.2) is 4.79 Å². The van der Waals surface area contributed by atoms with Gasteiger partial charge in [0.1, 0.15) is 11.5 Å². The van der Waals surface area contributed by atoms with E-state index in [0.29, 0.717) is 6.54 Å². The Morgan fingerprint density at radius 3 is 2.65 bits per heavy atom. The van der Waals surface area contributed by atoms with E-state index in [0.717, 1.165) is 11.5 Å². The van der Waals surface area contributed by atoms with E-state index >= 15 is 0 Å². The van der Waals surface area contributed by atoms with Crippen molar-refractivity contribution in [3.63, 3.8) is 0 Å². The summed E-state index contributed by atoms with van der Waals surface area (Å²) >= 11 is 0. The van der Waals surface area contributed by atoms with E-state index in [1.54, 1.807) is 6.92 Å². The number of amides is 3. The molecule has 0 aliphatic rings. The largest absolute Gasteiger partial charge is 0.465 e. The van der Waals surface area contributed by atoms with Crippen LogP contribution in [0.25, 0.3) is 0 Å². The molecule has 0 aromatic carbocycles. The molecule has 1 aromatic rings. The van der Waals surface area contributed by atoms with Gasteiger partial charge >= 0.3 is 6.03 Å². The fourth-order valence-corrected chi connectivity index (χ4v) is 1.21. The Morgan fingerprint density at radius 2 is 2.12 bits per heavy atom. The van der Waals surface area contributed by atoms with Gasteiger partial charge in [0.05, 0.1) is 12.6 Å². The molecule has 3 N–H and O–H groups in total. The van der Waals surface area contributed by atoms with Crippen LogP contribution in [-0.2, 0) is 11.3 Å². The third-order valence-corrected chi connectivity index (χ3v) is 2.24. The van der Waals surface area contributed by atoms with Gasteiger partial charge in [-0.1, -0.05) is 0 Å². The van der Waals surface area contributed by atoms with Crippen molar-refractivity contribution in [2.45, 2.75) is 26.4 Å². The maximum Gasteiger partial charge on any atom is 0.321 e. The van der Waals surface area contributed by atoms with Gasteiger partial charge in [-0.2, -0.15) is 0 Å². The number of hydrogen-bond acceptors (Lipinski definition) is 4. The molecule has 1 rings (SSSR count). The molecule has 94 valence electrons. The first-order valence-corrected chi connectivity index (χ1v) is 5.34. The summed E-state index contributed by atoms with van der Waals surface area (Å²) in [5.41, 5.74) is 0. The Morgan fingerprint density at radius 1 is 1.41 bits per heavy atom. The highest BCUT2D eigenvalue weighted by atomic mass is 16.3. The van der Waals surface area contributed by atoms with Gasteiger partial charge in [0.15, 0.2) is 0 Å². The van der Waals surface area contributed by atoms with Crippen molar-refractivity contribution >= 4 is 11.9 Å². The van der Waals surface area contributed by atoms with Gasteiger partial charge in [-0.05, 0) is 26.0 Å². The molecule has 1 unspecified atom stereocenters. The summed E-state index contributed by atoms with van der Waals surface area (Å²) in [5.74, 6) is 1.19. The number of rotatable bonds is 4. The molecule has 17 heavy (non-hydrogen) atoms. The van der Waals surface area contributed by atoms with Crippen molar-refractivity contribution in [1.29, 1.82) is 0 Å². The molecule has 6 heteroatoms. The first-order chi connectivity index (χ1) is 8.02. The van der Waals surface area contributed by atoms with E-state index in [2.05, 4.69) is 16.0 Å². The molecule has 0 aliphatic heterocycles. The Labute approximate surface area is 99.8 Å². The van der Waals surface area contributed by atoms with Gasteiger partial charge in [-0.3, -0.25) is 15.4 Å². The Bertz CT molecular complexity index is 400. The molecule has 0 saturated heterocycles. The van der Waals surface area contributed by atoms with Gasteiger partial charge in [0, 0.05) is 7.05 Å². The minimum atomic E-state index is -0.516. The quantitative estimate of drug-likeness (QED) is 0.715. The molecule has 0 aliphatic carbocycles. The van der Waals surface area contributed by atoms with E-state index in [1.807, 2.05) is 19.1 Å². The Hall–Kier alpha value is -1.82. The predicted molar refractivity (Wildman–Crippen MR) is 62.3 cm³/mol. The molecule has 1 aromatic heterocycles. The highest BCUT2D eigenvalue weighted by Gasteiger charge is 2.14. The summed E-state index contributed by atoms with van der Waals surface area (Å²) in [4.78, 5) is 22.4. The number of carbonyl (C=O) groups excluding carboxylic acids is 2. The van der Waals surface area contributed by atoms with Crippen LogP contribution in [0.4, 0.5) is 4.79 Å². The van der Waals surface area contributed by atoms with E-state index in [1.165, 1.54) is 7.05 Å². The van der Waals surface area contributed by atoms with Gasteiger partial charge in [0.25, 0.3) is 0 Å². The van der Waals surface area contributed by atoms with Crippen LogP contribution in [0, 0.1) is 6.92 Å². The minimum Gasteiger partial charge on any atom is -0.465 e.